The summed E-state index contributed by atoms with van der Waals surface area (Å²) in [5, 5.41) is 11.6. The Hall–Kier alpha value is -3.61. The van der Waals surface area contributed by atoms with Gasteiger partial charge in [-0.15, -0.1) is 0 Å². The number of hydrogen-bond acceptors (Lipinski definition) is 5. The van der Waals surface area contributed by atoms with Crippen LogP contribution in [0.5, 0.6) is 5.75 Å². The number of Topliss-reactive ketones (excluding diaryl/α,β-unsaturated/α-hetero) is 1. The molecule has 0 bridgehead atoms. The van der Waals surface area contributed by atoms with Crippen molar-refractivity contribution >= 4 is 29.1 Å². The maximum absolute atomic E-state index is 13.0. The van der Waals surface area contributed by atoms with Gasteiger partial charge in [-0.1, -0.05) is 53.6 Å². The number of aryl methyl sites for hydroxylation is 1. The molecule has 1 aliphatic heterocycles. The Morgan fingerprint density at radius 2 is 1.77 bits per heavy atom. The number of nitrogens with zero attached hydrogens (tertiary/aromatic N) is 1. The van der Waals surface area contributed by atoms with Gasteiger partial charge in [0.15, 0.2) is 0 Å². The largest absolute Gasteiger partial charge is 0.507 e. The van der Waals surface area contributed by atoms with E-state index in [0.717, 1.165) is 11.1 Å². The van der Waals surface area contributed by atoms with Crippen LogP contribution in [0.15, 0.2) is 78.4 Å². The third-order valence-corrected chi connectivity index (χ3v) is 6.09. The standard InChI is InChI=1S/C28H26ClNO5/c1-18-5-3-6-19(15-18)17-35-23-11-9-20(10-12-23)26(31)24-25(21-7-4-8-22(29)16-21)30(13-14-34-2)28(33)27(24)32/h3-12,15-16,25,31H,13-14,17H2,1-2H3/b26-24-. The van der Waals surface area contributed by atoms with E-state index < -0.39 is 17.7 Å². The lowest BCUT2D eigenvalue weighted by Crippen LogP contribution is -2.32. The van der Waals surface area contributed by atoms with Crippen LogP contribution in [0.4, 0.5) is 0 Å². The Labute approximate surface area is 209 Å². The number of carbonyl (C=O) groups excluding carboxylic acids is 2. The van der Waals surface area contributed by atoms with Crippen molar-refractivity contribution in [3.05, 3.63) is 106 Å². The van der Waals surface area contributed by atoms with Crippen LogP contribution >= 0.6 is 11.6 Å². The van der Waals surface area contributed by atoms with Gasteiger partial charge in [0, 0.05) is 24.2 Å². The van der Waals surface area contributed by atoms with E-state index in [2.05, 4.69) is 6.07 Å². The molecule has 0 aliphatic carbocycles. The molecule has 0 aromatic heterocycles. The van der Waals surface area contributed by atoms with E-state index in [-0.39, 0.29) is 24.5 Å². The second kappa shape index (κ2) is 10.8. The first-order valence-electron chi connectivity index (χ1n) is 11.2. The van der Waals surface area contributed by atoms with Crippen LogP contribution in [0, 0.1) is 6.92 Å². The van der Waals surface area contributed by atoms with E-state index in [1.165, 1.54) is 12.0 Å². The van der Waals surface area contributed by atoms with Gasteiger partial charge in [-0.3, -0.25) is 9.59 Å². The van der Waals surface area contributed by atoms with Crippen molar-refractivity contribution in [2.24, 2.45) is 0 Å². The van der Waals surface area contributed by atoms with E-state index in [1.807, 2.05) is 25.1 Å². The van der Waals surface area contributed by atoms with Crippen molar-refractivity contribution in [1.82, 2.24) is 4.90 Å². The van der Waals surface area contributed by atoms with Crippen LogP contribution in [0.1, 0.15) is 28.3 Å². The van der Waals surface area contributed by atoms with E-state index >= 15 is 0 Å². The van der Waals surface area contributed by atoms with Gasteiger partial charge < -0.3 is 19.5 Å². The zero-order chi connectivity index (χ0) is 24.9. The summed E-state index contributed by atoms with van der Waals surface area (Å²) in [5.41, 5.74) is 3.26. The van der Waals surface area contributed by atoms with Crippen molar-refractivity contribution in [2.45, 2.75) is 19.6 Å². The van der Waals surface area contributed by atoms with Crippen molar-refractivity contribution in [1.29, 1.82) is 0 Å². The number of ketones is 1. The number of methoxy groups -OCH3 is 1. The maximum atomic E-state index is 13.0. The quantitative estimate of drug-likeness (QED) is 0.263. The fraction of sp³-hybridized carbons (Fsp3) is 0.214. The number of aliphatic hydroxyl groups is 1. The molecule has 4 rings (SSSR count). The van der Waals surface area contributed by atoms with Gasteiger partial charge in [-0.05, 0) is 54.4 Å². The van der Waals surface area contributed by atoms with Crippen LogP contribution in [0.3, 0.4) is 0 Å². The minimum Gasteiger partial charge on any atom is -0.507 e. The molecule has 3 aromatic rings. The predicted molar refractivity (Wildman–Crippen MR) is 134 cm³/mol. The number of ether oxygens (including phenoxy) is 2. The average Bonchev–Trinajstić information content (AvgIpc) is 3.11. The Morgan fingerprint density at radius 1 is 1.03 bits per heavy atom. The molecule has 1 aliphatic rings. The Morgan fingerprint density at radius 3 is 2.46 bits per heavy atom. The minimum atomic E-state index is -0.777. The summed E-state index contributed by atoms with van der Waals surface area (Å²) < 4.78 is 11.0. The molecule has 0 saturated carbocycles. The summed E-state index contributed by atoms with van der Waals surface area (Å²) in [6, 6.07) is 21.0. The first-order chi connectivity index (χ1) is 16.9. The molecule has 1 saturated heterocycles. The summed E-state index contributed by atoms with van der Waals surface area (Å²) in [5.74, 6) is -1.07. The number of halogens is 1. The molecule has 3 aromatic carbocycles. The molecule has 1 heterocycles. The zero-order valence-corrected chi connectivity index (χ0v) is 20.3. The number of carbonyl (C=O) groups is 2. The molecule has 6 nitrogen and oxygen atoms in total. The number of rotatable bonds is 8. The van der Waals surface area contributed by atoms with Gasteiger partial charge in [0.1, 0.15) is 18.1 Å². The molecular weight excluding hydrogens is 466 g/mol. The van der Waals surface area contributed by atoms with Crippen molar-refractivity contribution < 1.29 is 24.2 Å². The molecule has 1 unspecified atom stereocenters. The molecule has 180 valence electrons. The first kappa shape index (κ1) is 24.5. The molecule has 35 heavy (non-hydrogen) atoms. The van der Waals surface area contributed by atoms with Gasteiger partial charge in [0.05, 0.1) is 18.2 Å². The van der Waals surface area contributed by atoms with Crippen molar-refractivity contribution in [3.63, 3.8) is 0 Å². The number of benzene rings is 3. The highest BCUT2D eigenvalue weighted by Crippen LogP contribution is 2.40. The number of hydrogen-bond donors (Lipinski definition) is 1. The topological polar surface area (TPSA) is 76.1 Å². The third-order valence-electron chi connectivity index (χ3n) is 5.86. The van der Waals surface area contributed by atoms with Crippen LogP contribution in [-0.4, -0.2) is 42.0 Å². The molecule has 1 fully saturated rings. The van der Waals surface area contributed by atoms with Crippen LogP contribution in [0.25, 0.3) is 5.76 Å². The lowest BCUT2D eigenvalue weighted by Gasteiger charge is -2.25. The van der Waals surface area contributed by atoms with Gasteiger partial charge in [0.25, 0.3) is 11.7 Å². The highest BCUT2D eigenvalue weighted by molar-refractivity contribution is 6.46. The fourth-order valence-electron chi connectivity index (χ4n) is 4.16. The number of amides is 1. The van der Waals surface area contributed by atoms with Gasteiger partial charge in [0.2, 0.25) is 0 Å². The van der Waals surface area contributed by atoms with Crippen LogP contribution in [0.2, 0.25) is 5.02 Å². The number of likely N-dealkylation sites (tertiary alicyclic amines) is 1. The van der Waals surface area contributed by atoms with Crippen molar-refractivity contribution in [3.8, 4) is 5.75 Å². The second-order valence-electron chi connectivity index (χ2n) is 8.34. The van der Waals surface area contributed by atoms with Gasteiger partial charge >= 0.3 is 0 Å². The average molecular weight is 492 g/mol. The van der Waals surface area contributed by atoms with E-state index in [1.54, 1.807) is 48.5 Å². The normalized spacial score (nSPS) is 17.1. The Bertz CT molecular complexity index is 1270. The summed E-state index contributed by atoms with van der Waals surface area (Å²) in [6.07, 6.45) is 0. The summed E-state index contributed by atoms with van der Waals surface area (Å²) >= 11 is 6.19. The van der Waals surface area contributed by atoms with E-state index in [9.17, 15) is 14.7 Å². The SMILES string of the molecule is COCCN1C(=O)C(=O)/C(=C(\O)c2ccc(OCc3cccc(C)c3)cc2)C1c1cccc(Cl)c1. The first-order valence-corrected chi connectivity index (χ1v) is 11.6. The monoisotopic (exact) mass is 491 g/mol. The van der Waals surface area contributed by atoms with Crippen molar-refractivity contribution in [2.75, 3.05) is 20.3 Å². The second-order valence-corrected chi connectivity index (χ2v) is 8.78. The van der Waals surface area contributed by atoms with Crippen LogP contribution in [-0.2, 0) is 20.9 Å². The molecule has 1 amide bonds. The van der Waals surface area contributed by atoms with E-state index in [0.29, 0.717) is 28.5 Å². The summed E-state index contributed by atoms with van der Waals surface area (Å²) in [6.45, 7) is 2.88. The molecule has 0 radical (unpaired) electrons. The van der Waals surface area contributed by atoms with Gasteiger partial charge in [-0.2, -0.15) is 0 Å². The molecule has 1 atom stereocenters. The Kier molecular flexibility index (Phi) is 7.54. The van der Waals surface area contributed by atoms with E-state index in [4.69, 9.17) is 21.1 Å². The molecular formula is C28H26ClNO5. The third kappa shape index (κ3) is 5.39. The highest BCUT2D eigenvalue weighted by atomic mass is 35.5. The van der Waals surface area contributed by atoms with Crippen LogP contribution < -0.4 is 4.74 Å². The Balaban J connectivity index is 1.64. The number of aliphatic hydroxyl groups excluding tert-OH is 1. The fourth-order valence-corrected chi connectivity index (χ4v) is 4.36. The maximum Gasteiger partial charge on any atom is 0.295 e. The molecule has 0 spiro atoms. The lowest BCUT2D eigenvalue weighted by molar-refractivity contribution is -0.140. The minimum absolute atomic E-state index is 0.0156. The molecule has 1 N–H and O–H groups in total. The van der Waals surface area contributed by atoms with Gasteiger partial charge in [-0.25, -0.2) is 0 Å². The molecule has 7 heteroatoms. The smallest absolute Gasteiger partial charge is 0.295 e. The summed E-state index contributed by atoms with van der Waals surface area (Å²) in [7, 11) is 1.52. The predicted octanol–water partition coefficient (Wildman–Crippen LogP) is 5.30. The zero-order valence-electron chi connectivity index (χ0n) is 19.5. The highest BCUT2D eigenvalue weighted by Gasteiger charge is 2.45. The lowest BCUT2D eigenvalue weighted by atomic mass is 9.95. The summed E-state index contributed by atoms with van der Waals surface area (Å²) in [4.78, 5) is 27.3.